The number of thioether (sulfide) groups is 1. The van der Waals surface area contributed by atoms with Gasteiger partial charge in [-0.05, 0) is 48.1 Å². The number of hydrogen-bond donors (Lipinski definition) is 1. The summed E-state index contributed by atoms with van der Waals surface area (Å²) in [6.07, 6.45) is -0.165. The van der Waals surface area contributed by atoms with Crippen LogP contribution in [0.25, 0.3) is 10.9 Å². The molecular weight excluding hydrogens is 362 g/mol. The summed E-state index contributed by atoms with van der Waals surface area (Å²) < 4.78 is 52.5. The molecule has 26 heavy (non-hydrogen) atoms. The van der Waals surface area contributed by atoms with Crippen molar-refractivity contribution in [3.8, 4) is 0 Å². The quantitative estimate of drug-likeness (QED) is 0.497. The predicted molar refractivity (Wildman–Crippen MR) is 98.7 cm³/mol. The topological polar surface area (TPSA) is 15.8 Å². The van der Waals surface area contributed by atoms with Crippen molar-refractivity contribution in [2.24, 2.45) is 0 Å². The maximum atomic E-state index is 14.1. The van der Waals surface area contributed by atoms with E-state index in [1.807, 2.05) is 6.26 Å². The lowest BCUT2D eigenvalue weighted by atomic mass is 9.88. The number of halogens is 4. The summed E-state index contributed by atoms with van der Waals surface area (Å²) >= 11 is 1.53. The van der Waals surface area contributed by atoms with Crippen LogP contribution in [0, 0.1) is 12.7 Å². The normalized spacial score (nSPS) is 13.3. The molecule has 1 aromatic heterocycles. The van der Waals surface area contributed by atoms with E-state index in [1.165, 1.54) is 30.0 Å². The number of nitrogens with one attached hydrogen (secondary N) is 1. The van der Waals surface area contributed by atoms with Crippen LogP contribution in [0.2, 0.25) is 0 Å². The highest BCUT2D eigenvalue weighted by atomic mass is 32.2. The molecule has 1 atom stereocenters. The fourth-order valence-corrected chi connectivity index (χ4v) is 3.81. The second-order valence-corrected chi connectivity index (χ2v) is 6.95. The van der Waals surface area contributed by atoms with Gasteiger partial charge in [-0.2, -0.15) is 24.9 Å². The van der Waals surface area contributed by atoms with Gasteiger partial charge in [0.1, 0.15) is 5.82 Å². The van der Waals surface area contributed by atoms with E-state index in [1.54, 1.807) is 12.3 Å². The molecule has 137 valence electrons. The maximum absolute atomic E-state index is 14.1. The molecule has 1 radical (unpaired) electrons. The highest BCUT2D eigenvalue weighted by Gasteiger charge is 2.30. The molecule has 3 rings (SSSR count). The first kappa shape index (κ1) is 18.8. The zero-order valence-electron chi connectivity index (χ0n) is 14.2. The van der Waals surface area contributed by atoms with Crippen LogP contribution in [0.1, 0.15) is 34.6 Å². The van der Waals surface area contributed by atoms with Gasteiger partial charge in [-0.1, -0.05) is 19.1 Å². The number of alkyl halides is 3. The Balaban J connectivity index is 2.05. The Labute approximate surface area is 153 Å². The molecule has 0 aliphatic rings. The molecule has 0 spiro atoms. The summed E-state index contributed by atoms with van der Waals surface area (Å²) in [4.78, 5) is 3.14. The van der Waals surface area contributed by atoms with Crippen molar-refractivity contribution in [2.45, 2.75) is 24.3 Å². The van der Waals surface area contributed by atoms with Gasteiger partial charge in [0, 0.05) is 28.8 Å². The van der Waals surface area contributed by atoms with Crippen LogP contribution in [-0.2, 0) is 11.9 Å². The SMILES string of the molecule is [CH2]CC(c1ccc(C(F)(F)F)cc1)c1c[nH]c2c(CSC)c(F)ccc12. The first-order valence-corrected chi connectivity index (χ1v) is 9.50. The maximum Gasteiger partial charge on any atom is 0.416 e. The van der Waals surface area contributed by atoms with E-state index in [9.17, 15) is 17.6 Å². The fourth-order valence-electron chi connectivity index (χ4n) is 3.24. The van der Waals surface area contributed by atoms with E-state index in [0.717, 1.165) is 34.2 Å². The summed E-state index contributed by atoms with van der Waals surface area (Å²) in [6.45, 7) is 3.96. The van der Waals surface area contributed by atoms with Crippen LogP contribution in [0.5, 0.6) is 0 Å². The zero-order chi connectivity index (χ0) is 18.9. The third-order valence-corrected chi connectivity index (χ3v) is 5.11. The predicted octanol–water partition coefficient (Wildman–Crippen LogP) is 6.54. The molecule has 0 saturated heterocycles. The van der Waals surface area contributed by atoms with Gasteiger partial charge >= 0.3 is 6.18 Å². The van der Waals surface area contributed by atoms with E-state index in [-0.39, 0.29) is 11.7 Å². The van der Waals surface area contributed by atoms with Crippen molar-refractivity contribution in [2.75, 3.05) is 6.26 Å². The second kappa shape index (κ2) is 7.35. The number of fused-ring (bicyclic) bond motifs is 1. The van der Waals surface area contributed by atoms with E-state index in [0.29, 0.717) is 17.7 Å². The largest absolute Gasteiger partial charge is 0.416 e. The minimum Gasteiger partial charge on any atom is -0.361 e. The molecule has 0 amide bonds. The highest BCUT2D eigenvalue weighted by Crippen LogP contribution is 2.37. The number of aromatic nitrogens is 1. The molecule has 1 heterocycles. The van der Waals surface area contributed by atoms with Crippen molar-refractivity contribution in [3.63, 3.8) is 0 Å². The molecule has 3 aromatic rings. The van der Waals surface area contributed by atoms with Gasteiger partial charge in [0.2, 0.25) is 0 Å². The summed E-state index contributed by atoms with van der Waals surface area (Å²) in [5, 5.41) is 0.879. The number of rotatable bonds is 5. The van der Waals surface area contributed by atoms with Crippen molar-refractivity contribution in [1.82, 2.24) is 4.98 Å². The molecule has 1 N–H and O–H groups in total. The van der Waals surface area contributed by atoms with Crippen LogP contribution in [0.15, 0.2) is 42.6 Å². The molecule has 6 heteroatoms. The van der Waals surface area contributed by atoms with E-state index in [2.05, 4.69) is 11.9 Å². The lowest BCUT2D eigenvalue weighted by Gasteiger charge is -2.16. The molecule has 2 aromatic carbocycles. The zero-order valence-corrected chi connectivity index (χ0v) is 15.0. The van der Waals surface area contributed by atoms with Gasteiger partial charge in [0.05, 0.1) is 11.1 Å². The van der Waals surface area contributed by atoms with Crippen LogP contribution in [-0.4, -0.2) is 11.2 Å². The lowest BCUT2D eigenvalue weighted by molar-refractivity contribution is -0.137. The van der Waals surface area contributed by atoms with Crippen molar-refractivity contribution >= 4 is 22.7 Å². The Morgan fingerprint density at radius 2 is 1.81 bits per heavy atom. The minimum atomic E-state index is -4.36. The summed E-state index contributed by atoms with van der Waals surface area (Å²) in [5.74, 6) is 0.109. The standard InChI is InChI=1S/C20H18F4NS/c1-3-14(12-4-6-13(7-5-12)20(22,23)24)16-10-25-19-15(16)8-9-18(21)17(19)11-26-2/h4-10,14,25H,1,3,11H2,2H3. The van der Waals surface area contributed by atoms with Gasteiger partial charge in [-0.3, -0.25) is 0 Å². The van der Waals surface area contributed by atoms with E-state index < -0.39 is 11.7 Å². The highest BCUT2D eigenvalue weighted by molar-refractivity contribution is 7.97. The minimum absolute atomic E-state index is 0.168. The average molecular weight is 380 g/mol. The van der Waals surface area contributed by atoms with Crippen LogP contribution < -0.4 is 0 Å². The number of H-pyrrole nitrogens is 1. The molecular formula is C20H18F4NS. The van der Waals surface area contributed by atoms with Gasteiger partial charge in [-0.15, -0.1) is 0 Å². The Morgan fingerprint density at radius 1 is 1.12 bits per heavy atom. The van der Waals surface area contributed by atoms with E-state index >= 15 is 0 Å². The first-order valence-electron chi connectivity index (χ1n) is 8.10. The third kappa shape index (κ3) is 3.47. The Morgan fingerprint density at radius 3 is 2.38 bits per heavy atom. The monoisotopic (exact) mass is 380 g/mol. The molecule has 0 bridgehead atoms. The van der Waals surface area contributed by atoms with Crippen molar-refractivity contribution in [1.29, 1.82) is 0 Å². The van der Waals surface area contributed by atoms with Gasteiger partial charge in [-0.25, -0.2) is 4.39 Å². The lowest BCUT2D eigenvalue weighted by Crippen LogP contribution is -2.06. The first-order chi connectivity index (χ1) is 12.4. The van der Waals surface area contributed by atoms with E-state index in [4.69, 9.17) is 0 Å². The number of benzene rings is 2. The van der Waals surface area contributed by atoms with Gasteiger partial charge in [0.15, 0.2) is 0 Å². The Bertz CT molecular complexity index is 897. The number of hydrogen-bond acceptors (Lipinski definition) is 1. The van der Waals surface area contributed by atoms with Crippen molar-refractivity contribution in [3.05, 3.63) is 77.6 Å². The number of aromatic amines is 1. The second-order valence-electron chi connectivity index (χ2n) is 6.09. The third-order valence-electron chi connectivity index (χ3n) is 4.53. The molecule has 0 saturated carbocycles. The summed E-state index contributed by atoms with van der Waals surface area (Å²) in [7, 11) is 0. The molecule has 0 fully saturated rings. The van der Waals surface area contributed by atoms with Crippen LogP contribution >= 0.6 is 11.8 Å². The van der Waals surface area contributed by atoms with Crippen LogP contribution in [0.3, 0.4) is 0 Å². The fraction of sp³-hybridized carbons (Fsp3) is 0.250. The van der Waals surface area contributed by atoms with Gasteiger partial charge < -0.3 is 4.98 Å². The average Bonchev–Trinajstić information content (AvgIpc) is 3.02. The molecule has 1 unspecified atom stereocenters. The Kier molecular flexibility index (Phi) is 5.32. The van der Waals surface area contributed by atoms with Crippen LogP contribution in [0.4, 0.5) is 17.6 Å². The molecule has 0 aliphatic heterocycles. The van der Waals surface area contributed by atoms with Gasteiger partial charge in [0.25, 0.3) is 0 Å². The molecule has 1 nitrogen and oxygen atoms in total. The van der Waals surface area contributed by atoms with Crippen molar-refractivity contribution < 1.29 is 17.6 Å². The molecule has 0 aliphatic carbocycles. The Hall–Kier alpha value is -1.95. The smallest absolute Gasteiger partial charge is 0.361 e. The summed E-state index contributed by atoms with van der Waals surface area (Å²) in [6, 6.07) is 8.32. The summed E-state index contributed by atoms with van der Waals surface area (Å²) in [5.41, 5.74) is 2.34.